The maximum absolute atomic E-state index is 14.4. The average molecular weight is 876 g/mol. The summed E-state index contributed by atoms with van der Waals surface area (Å²) in [4.78, 5) is 8.52. The molecule has 0 aliphatic rings. The van der Waals surface area contributed by atoms with Crippen LogP contribution in [0.5, 0.6) is 0 Å². The molecule has 0 spiro atoms. The smallest absolute Gasteiger partial charge is 0.165 e. The summed E-state index contributed by atoms with van der Waals surface area (Å²) >= 11 is 0. The molecule has 5 heteroatoms. The van der Waals surface area contributed by atoms with Gasteiger partial charge in [-0.1, -0.05) is 129 Å². The van der Waals surface area contributed by atoms with Crippen molar-refractivity contribution in [3.8, 4) is 44.8 Å². The van der Waals surface area contributed by atoms with Gasteiger partial charge in [0, 0.05) is 48.9 Å². The number of aryl methyl sites for hydroxylation is 2. The van der Waals surface area contributed by atoms with Crippen LogP contribution in [0.25, 0.3) is 66.7 Å². The Kier molecular flexibility index (Phi) is 6.21. The van der Waals surface area contributed by atoms with Gasteiger partial charge >= 0.3 is 0 Å². The van der Waals surface area contributed by atoms with Crippen LogP contribution in [0.4, 0.5) is 4.39 Å². The average Bonchev–Trinajstić information content (AvgIpc) is 3.67. The molecular formula is C47H39FIrN2O-2. The second-order valence-corrected chi connectivity index (χ2v) is 12.5. The number of aromatic nitrogens is 2. The van der Waals surface area contributed by atoms with E-state index >= 15 is 0 Å². The van der Waals surface area contributed by atoms with E-state index in [9.17, 15) is 4.39 Å². The SMILES string of the molecule is [2H]c1c([2H])c(C([2H])([2H])C(C)(C)C)c([2H])c([2H])c1-c1ccnc(-c2[c-]ccc3c2oc2c(F)cccc23)c1.[2H]c1c([2H])c([2H])c(-c2cc(-c3ccc(C([2H])([2H])[2H])cn3)[c-]cc2C([2H])([2H])[2H])c([2H])c1[2H].[Ir]. The van der Waals surface area contributed by atoms with Crippen LogP contribution in [-0.4, -0.2) is 9.97 Å². The van der Waals surface area contributed by atoms with Crippen molar-refractivity contribution >= 4 is 21.9 Å². The molecule has 0 amide bonds. The summed E-state index contributed by atoms with van der Waals surface area (Å²) in [5, 5.41) is 1.30. The summed E-state index contributed by atoms with van der Waals surface area (Å²) in [5.41, 5.74) is 0.629. The van der Waals surface area contributed by atoms with Gasteiger partial charge in [0.25, 0.3) is 0 Å². The molecule has 0 saturated carbocycles. The number of hydrogen-bond donors (Lipinski definition) is 0. The van der Waals surface area contributed by atoms with Crippen LogP contribution in [0.3, 0.4) is 0 Å². The van der Waals surface area contributed by atoms with E-state index in [1.54, 1.807) is 57.2 Å². The predicted octanol–water partition coefficient (Wildman–Crippen LogP) is 12.7. The van der Waals surface area contributed by atoms with Crippen LogP contribution in [0.2, 0.25) is 0 Å². The topological polar surface area (TPSA) is 38.9 Å². The number of para-hydroxylation sites is 1. The summed E-state index contributed by atoms with van der Waals surface area (Å²) in [6.45, 7) is 0.000235. The molecule has 3 heterocycles. The first-order chi connectivity index (χ1) is 31.6. The molecule has 8 aromatic rings. The fourth-order valence-electron chi connectivity index (χ4n) is 5.32. The normalized spacial score (nSPS) is 16.7. The molecule has 0 N–H and O–H groups in total. The van der Waals surface area contributed by atoms with Gasteiger partial charge in [-0.2, -0.15) is 0 Å². The third kappa shape index (κ3) is 8.12. The van der Waals surface area contributed by atoms with Gasteiger partial charge in [0.2, 0.25) is 0 Å². The molecule has 0 bridgehead atoms. The number of nitrogens with zero attached hydrogens (tertiary/aromatic N) is 2. The Hall–Kier alpha value is -5.22. The van der Waals surface area contributed by atoms with Crippen molar-refractivity contribution in [3.63, 3.8) is 0 Å². The molecule has 261 valence electrons. The van der Waals surface area contributed by atoms with Gasteiger partial charge in [-0.05, 0) is 70.0 Å². The van der Waals surface area contributed by atoms with E-state index in [1.807, 2.05) is 0 Å². The van der Waals surface area contributed by atoms with Crippen LogP contribution in [-0.2, 0) is 26.5 Å². The molecule has 0 aliphatic heterocycles. The molecule has 0 fully saturated rings. The number of halogens is 1. The van der Waals surface area contributed by atoms with Crippen LogP contribution in [0.15, 0.2) is 138 Å². The number of rotatable bonds is 5. The third-order valence-electron chi connectivity index (χ3n) is 7.60. The molecule has 8 rings (SSSR count). The van der Waals surface area contributed by atoms with Crippen molar-refractivity contribution in [1.29, 1.82) is 0 Å². The Morgan fingerprint density at radius 3 is 2.35 bits per heavy atom. The van der Waals surface area contributed by atoms with Crippen molar-refractivity contribution in [2.75, 3.05) is 0 Å². The third-order valence-corrected chi connectivity index (χ3v) is 7.60. The maximum atomic E-state index is 14.4. The van der Waals surface area contributed by atoms with Gasteiger partial charge in [0.05, 0.1) is 17.9 Å². The predicted molar refractivity (Wildman–Crippen MR) is 208 cm³/mol. The minimum Gasteiger partial charge on any atom is -0.498 e. The van der Waals surface area contributed by atoms with E-state index in [0.717, 1.165) is 0 Å². The maximum Gasteiger partial charge on any atom is 0.165 e. The second kappa shape index (κ2) is 15.6. The molecule has 0 saturated heterocycles. The van der Waals surface area contributed by atoms with Gasteiger partial charge in [-0.3, -0.25) is 0 Å². The monoisotopic (exact) mass is 876 g/mol. The first-order valence-electron chi connectivity index (χ1n) is 24.3. The molecule has 0 atom stereocenters. The molecule has 5 aromatic carbocycles. The standard InChI is InChI=1S/C28H23FNO.C19H16N.Ir/c1-28(2,3)17-18-10-12-19(13-11-18)20-14-15-30-25(16-20)23-8-4-6-21-22-7-5-9-24(29)27(22)31-26(21)23;1-14-8-11-19(20-13-14)17-10-9-15(2)18(12-17)16-6-4-3-5-7-16;/h4-7,9-16H,17H2,1-3H3;3-9,11-13H,1-2H3;/q2*-1;/i10D,11D,12D,13D,17D2;1D3,2D3,3D,4D,5D,6D,7D;. The second-order valence-electron chi connectivity index (χ2n) is 12.5. The largest absolute Gasteiger partial charge is 0.498 e. The van der Waals surface area contributed by atoms with Crippen molar-refractivity contribution in [2.24, 2.45) is 5.41 Å². The Morgan fingerprint density at radius 1 is 0.808 bits per heavy atom. The molecule has 0 unspecified atom stereocenters. The summed E-state index contributed by atoms with van der Waals surface area (Å²) in [6.07, 6.45) is 0.558. The summed E-state index contributed by atoms with van der Waals surface area (Å²) in [7, 11) is 0. The van der Waals surface area contributed by atoms with Gasteiger partial charge in [-0.25, -0.2) is 4.39 Å². The number of benzene rings is 5. The number of fused-ring (bicyclic) bond motifs is 3. The summed E-state index contributed by atoms with van der Waals surface area (Å²) in [6, 6.07) is 18.2. The molecule has 3 aromatic heterocycles. The zero-order valence-corrected chi connectivity index (χ0v) is 30.4. The molecule has 3 nitrogen and oxygen atoms in total. The Labute approximate surface area is 342 Å². The number of hydrogen-bond acceptors (Lipinski definition) is 3. The Bertz CT molecular complexity index is 3230. The minimum absolute atomic E-state index is 0. The van der Waals surface area contributed by atoms with Crippen LogP contribution >= 0.6 is 0 Å². The molecule has 0 aliphatic carbocycles. The van der Waals surface area contributed by atoms with Crippen molar-refractivity contribution in [3.05, 3.63) is 168 Å². The minimum atomic E-state index is -2.63. The summed E-state index contributed by atoms with van der Waals surface area (Å²) < 4.78 is 157. The molecule has 1 radical (unpaired) electrons. The van der Waals surface area contributed by atoms with E-state index in [0.29, 0.717) is 38.9 Å². The van der Waals surface area contributed by atoms with Crippen LogP contribution in [0, 0.1) is 37.1 Å². The number of pyridine rings is 2. The fraction of sp³-hybridized carbons (Fsp3) is 0.149. The Balaban J connectivity index is 0.000000227. The van der Waals surface area contributed by atoms with Crippen LogP contribution in [0.1, 0.15) is 60.8 Å². The fourth-order valence-corrected chi connectivity index (χ4v) is 5.32. The van der Waals surface area contributed by atoms with Gasteiger partial charge in [0.1, 0.15) is 0 Å². The molecular weight excluding hydrogens is 820 g/mol. The van der Waals surface area contributed by atoms with Crippen LogP contribution < -0.4 is 0 Å². The number of furan rings is 1. The van der Waals surface area contributed by atoms with E-state index in [1.165, 1.54) is 42.7 Å². The van der Waals surface area contributed by atoms with E-state index < -0.39 is 73.6 Å². The summed E-state index contributed by atoms with van der Waals surface area (Å²) in [5.74, 6) is -0.486. The zero-order chi connectivity index (χ0) is 50.2. The van der Waals surface area contributed by atoms with Crippen molar-refractivity contribution in [1.82, 2.24) is 9.97 Å². The van der Waals surface area contributed by atoms with Gasteiger partial charge < -0.3 is 14.4 Å². The van der Waals surface area contributed by atoms with E-state index in [4.69, 9.17) is 27.7 Å². The first kappa shape index (κ1) is 20.7. The van der Waals surface area contributed by atoms with Gasteiger partial charge in [-0.15, -0.1) is 47.5 Å². The van der Waals surface area contributed by atoms with E-state index in [2.05, 4.69) is 22.1 Å². The zero-order valence-electron chi connectivity index (χ0n) is 45.0. The van der Waals surface area contributed by atoms with E-state index in [-0.39, 0.29) is 76.7 Å². The van der Waals surface area contributed by atoms with Crippen molar-refractivity contribution in [2.45, 2.75) is 40.8 Å². The van der Waals surface area contributed by atoms with Gasteiger partial charge in [0.15, 0.2) is 11.4 Å². The van der Waals surface area contributed by atoms with Crippen molar-refractivity contribution < 1.29 is 52.2 Å². The molecule has 52 heavy (non-hydrogen) atoms. The quantitative estimate of drug-likeness (QED) is 0.162. The Morgan fingerprint density at radius 2 is 1.62 bits per heavy atom. The first-order valence-corrected chi connectivity index (χ1v) is 15.8.